The van der Waals surface area contributed by atoms with Gasteiger partial charge in [0.05, 0.1) is 0 Å². The van der Waals surface area contributed by atoms with Gasteiger partial charge in [0, 0.05) is 30.2 Å². The van der Waals surface area contributed by atoms with E-state index in [2.05, 4.69) is 18.7 Å². The van der Waals surface area contributed by atoms with Gasteiger partial charge < -0.3 is 9.80 Å². The Labute approximate surface area is 139 Å². The number of hydrogen-bond acceptors (Lipinski definition) is 2. The topological polar surface area (TPSA) is 23.6 Å². The van der Waals surface area contributed by atoms with Crippen molar-refractivity contribution >= 4 is 17.5 Å². The predicted molar refractivity (Wildman–Crippen MR) is 92.6 cm³/mol. The summed E-state index contributed by atoms with van der Waals surface area (Å²) in [5.74, 6) is 0.514. The highest BCUT2D eigenvalue weighted by Crippen LogP contribution is 2.20. The largest absolute Gasteiger partial charge is 0.337 e. The molecule has 0 saturated carbocycles. The molecule has 1 heterocycles. The molecule has 1 aliphatic rings. The molecule has 1 aromatic carbocycles. The fourth-order valence-electron chi connectivity index (χ4n) is 3.14. The number of hydrogen-bond donors (Lipinski definition) is 0. The normalized spacial score (nSPS) is 17.0. The van der Waals surface area contributed by atoms with E-state index in [9.17, 15) is 4.79 Å². The molecule has 1 saturated heterocycles. The monoisotopic (exact) mass is 322 g/mol. The Hall–Kier alpha value is -1.06. The summed E-state index contributed by atoms with van der Waals surface area (Å²) >= 11 is 6.06. The SMILES string of the molecule is Cc1cc(C(=O)N(C)[C@H](CN2CCCC2)C(C)C)ccc1Cl. The molecule has 0 aliphatic carbocycles. The van der Waals surface area contributed by atoms with Crippen LogP contribution in [0.3, 0.4) is 0 Å². The minimum Gasteiger partial charge on any atom is -0.337 e. The Balaban J connectivity index is 2.12. The van der Waals surface area contributed by atoms with Crippen LogP contribution in [0.5, 0.6) is 0 Å². The maximum Gasteiger partial charge on any atom is 0.253 e. The van der Waals surface area contributed by atoms with Gasteiger partial charge in [-0.2, -0.15) is 0 Å². The summed E-state index contributed by atoms with van der Waals surface area (Å²) < 4.78 is 0. The zero-order valence-electron chi connectivity index (χ0n) is 14.1. The molecule has 2 rings (SSSR count). The number of amides is 1. The molecule has 0 aromatic heterocycles. The zero-order valence-corrected chi connectivity index (χ0v) is 14.9. The van der Waals surface area contributed by atoms with Crippen LogP contribution in [0, 0.1) is 12.8 Å². The van der Waals surface area contributed by atoms with Crippen LogP contribution >= 0.6 is 11.6 Å². The van der Waals surface area contributed by atoms with Crippen molar-refractivity contribution in [1.29, 1.82) is 0 Å². The molecule has 0 spiro atoms. The zero-order chi connectivity index (χ0) is 16.3. The summed E-state index contributed by atoms with van der Waals surface area (Å²) in [5.41, 5.74) is 1.66. The van der Waals surface area contributed by atoms with E-state index in [-0.39, 0.29) is 11.9 Å². The van der Waals surface area contributed by atoms with Crippen LogP contribution in [0.4, 0.5) is 0 Å². The Kier molecular flexibility index (Phi) is 5.87. The third-order valence-electron chi connectivity index (χ3n) is 4.64. The molecule has 1 fully saturated rings. The molecule has 1 amide bonds. The van der Waals surface area contributed by atoms with Crippen LogP contribution in [0.2, 0.25) is 5.02 Å². The lowest BCUT2D eigenvalue weighted by molar-refractivity contribution is 0.0641. The second kappa shape index (κ2) is 7.47. The smallest absolute Gasteiger partial charge is 0.253 e. The van der Waals surface area contributed by atoms with Gasteiger partial charge in [-0.05, 0) is 62.5 Å². The summed E-state index contributed by atoms with van der Waals surface area (Å²) in [6.07, 6.45) is 2.55. The minimum absolute atomic E-state index is 0.0812. The maximum absolute atomic E-state index is 12.8. The number of likely N-dealkylation sites (tertiary alicyclic amines) is 1. The third kappa shape index (κ3) is 4.02. The first-order valence-corrected chi connectivity index (χ1v) is 8.53. The van der Waals surface area contributed by atoms with Crippen LogP contribution in [0.1, 0.15) is 42.6 Å². The van der Waals surface area contributed by atoms with Crippen LogP contribution in [0.15, 0.2) is 18.2 Å². The standard InChI is InChI=1S/C18H27ClN2O/c1-13(2)17(12-21-9-5-6-10-21)20(4)18(22)15-7-8-16(19)14(3)11-15/h7-8,11,13,17H,5-6,9-10,12H2,1-4H3/t17-/m1/s1. The van der Waals surface area contributed by atoms with Crippen LogP contribution < -0.4 is 0 Å². The molecule has 1 aromatic rings. The highest BCUT2D eigenvalue weighted by atomic mass is 35.5. The van der Waals surface area contributed by atoms with Crippen molar-refractivity contribution in [3.63, 3.8) is 0 Å². The van der Waals surface area contributed by atoms with Crippen LogP contribution in [-0.4, -0.2) is 48.4 Å². The number of benzene rings is 1. The molecule has 1 aliphatic heterocycles. The summed E-state index contributed by atoms with van der Waals surface area (Å²) in [6, 6.07) is 5.75. The molecule has 22 heavy (non-hydrogen) atoms. The fourth-order valence-corrected chi connectivity index (χ4v) is 3.26. The average Bonchev–Trinajstić information content (AvgIpc) is 2.99. The van der Waals surface area contributed by atoms with E-state index in [0.717, 1.165) is 30.8 Å². The first kappa shape index (κ1) is 17.3. The summed E-state index contributed by atoms with van der Waals surface area (Å²) in [5, 5.41) is 0.705. The Morgan fingerprint density at radius 2 is 1.95 bits per heavy atom. The highest BCUT2D eigenvalue weighted by Gasteiger charge is 2.27. The minimum atomic E-state index is 0.0812. The van der Waals surface area contributed by atoms with Crippen molar-refractivity contribution in [3.05, 3.63) is 34.3 Å². The fraction of sp³-hybridized carbons (Fsp3) is 0.611. The quantitative estimate of drug-likeness (QED) is 0.822. The Bertz CT molecular complexity index is 524. The summed E-state index contributed by atoms with van der Waals surface area (Å²) in [4.78, 5) is 17.2. The molecular weight excluding hydrogens is 296 g/mol. The number of likely N-dealkylation sites (N-methyl/N-ethyl adjacent to an activating group) is 1. The highest BCUT2D eigenvalue weighted by molar-refractivity contribution is 6.31. The number of carbonyl (C=O) groups excluding carboxylic acids is 1. The van der Waals surface area contributed by atoms with E-state index < -0.39 is 0 Å². The number of halogens is 1. The lowest BCUT2D eigenvalue weighted by Crippen LogP contribution is -2.47. The molecule has 3 nitrogen and oxygen atoms in total. The predicted octanol–water partition coefficient (Wildman–Crippen LogP) is 3.84. The number of rotatable bonds is 5. The van der Waals surface area contributed by atoms with Gasteiger partial charge in [-0.25, -0.2) is 0 Å². The van der Waals surface area contributed by atoms with Gasteiger partial charge in [0.2, 0.25) is 0 Å². The maximum atomic E-state index is 12.8. The van der Waals surface area contributed by atoms with E-state index in [1.807, 2.05) is 37.1 Å². The molecule has 0 radical (unpaired) electrons. The van der Waals surface area contributed by atoms with Crippen molar-refractivity contribution in [2.24, 2.45) is 5.92 Å². The van der Waals surface area contributed by atoms with E-state index in [0.29, 0.717) is 10.9 Å². The Morgan fingerprint density at radius 3 is 2.50 bits per heavy atom. The third-order valence-corrected chi connectivity index (χ3v) is 5.06. The summed E-state index contributed by atoms with van der Waals surface area (Å²) in [6.45, 7) is 9.60. The van der Waals surface area contributed by atoms with E-state index in [4.69, 9.17) is 11.6 Å². The lowest BCUT2D eigenvalue weighted by atomic mass is 10.0. The molecule has 4 heteroatoms. The lowest BCUT2D eigenvalue weighted by Gasteiger charge is -2.34. The summed E-state index contributed by atoms with van der Waals surface area (Å²) in [7, 11) is 1.92. The van der Waals surface area contributed by atoms with E-state index in [1.54, 1.807) is 0 Å². The molecule has 0 N–H and O–H groups in total. The van der Waals surface area contributed by atoms with E-state index in [1.165, 1.54) is 12.8 Å². The van der Waals surface area contributed by atoms with Crippen molar-refractivity contribution in [2.45, 2.75) is 39.7 Å². The van der Waals surface area contributed by atoms with Crippen molar-refractivity contribution in [2.75, 3.05) is 26.7 Å². The second-order valence-electron chi connectivity index (χ2n) is 6.70. The van der Waals surface area contributed by atoms with Gasteiger partial charge >= 0.3 is 0 Å². The number of aryl methyl sites for hydroxylation is 1. The Morgan fingerprint density at radius 1 is 1.32 bits per heavy atom. The first-order chi connectivity index (χ1) is 10.4. The van der Waals surface area contributed by atoms with Gasteiger partial charge in [0.25, 0.3) is 5.91 Å². The first-order valence-electron chi connectivity index (χ1n) is 8.16. The average molecular weight is 323 g/mol. The molecule has 122 valence electrons. The van der Waals surface area contributed by atoms with E-state index >= 15 is 0 Å². The molecule has 1 atom stereocenters. The van der Waals surface area contributed by atoms with Gasteiger partial charge in [-0.15, -0.1) is 0 Å². The molecule has 0 bridgehead atoms. The van der Waals surface area contributed by atoms with Crippen molar-refractivity contribution < 1.29 is 4.79 Å². The molecular formula is C18H27ClN2O. The van der Waals surface area contributed by atoms with Crippen LogP contribution in [-0.2, 0) is 0 Å². The van der Waals surface area contributed by atoms with Gasteiger partial charge in [-0.3, -0.25) is 4.79 Å². The molecule has 0 unspecified atom stereocenters. The number of nitrogens with zero attached hydrogens (tertiary/aromatic N) is 2. The second-order valence-corrected chi connectivity index (χ2v) is 7.11. The van der Waals surface area contributed by atoms with Crippen LogP contribution in [0.25, 0.3) is 0 Å². The van der Waals surface area contributed by atoms with Gasteiger partial charge in [-0.1, -0.05) is 25.4 Å². The van der Waals surface area contributed by atoms with Crippen molar-refractivity contribution in [1.82, 2.24) is 9.80 Å². The van der Waals surface area contributed by atoms with Gasteiger partial charge in [0.1, 0.15) is 0 Å². The van der Waals surface area contributed by atoms with Crippen molar-refractivity contribution in [3.8, 4) is 0 Å². The number of carbonyl (C=O) groups is 1. The van der Waals surface area contributed by atoms with Gasteiger partial charge in [0.15, 0.2) is 0 Å².